The van der Waals surface area contributed by atoms with Gasteiger partial charge in [0.15, 0.2) is 18.2 Å². The van der Waals surface area contributed by atoms with E-state index in [1.807, 2.05) is 18.7 Å². The highest BCUT2D eigenvalue weighted by atomic mass is 35.5. The van der Waals surface area contributed by atoms with E-state index in [0.29, 0.717) is 46.5 Å². The Kier molecular flexibility index (Phi) is 7.97. The molecule has 1 aliphatic rings. The standard InChI is InChI=1S/C24H25B3ClFN6O3/c1-12-9-35(10-13(2)20(12)29)23-30-8-16(28)21(32-23)31-15-4-5-17-14(6-15)7-18(22(37)34(17)3)38-11-19(36)33-24(25,26)27/h4-8,12-13,20H,9-11H2,1-3H3,(H,33,36)(H,30,31,32)/t12-,13+,20?. The van der Waals surface area contributed by atoms with Crippen LogP contribution in [0.2, 0.25) is 5.02 Å². The summed E-state index contributed by atoms with van der Waals surface area (Å²) in [6.45, 7) is 4.23. The van der Waals surface area contributed by atoms with Gasteiger partial charge in [-0.2, -0.15) is 4.98 Å². The molecule has 14 heteroatoms. The number of carbonyl (C=O) groups is 1. The van der Waals surface area contributed by atoms with E-state index in [4.69, 9.17) is 39.9 Å². The minimum atomic E-state index is -1.91. The highest BCUT2D eigenvalue weighted by Gasteiger charge is 2.33. The number of hydrogen-bond acceptors (Lipinski definition) is 7. The van der Waals surface area contributed by atoms with Gasteiger partial charge in [-0.1, -0.05) is 30.7 Å². The van der Waals surface area contributed by atoms with E-state index in [1.54, 1.807) is 25.2 Å². The molecular weight excluding hydrogens is 507 g/mol. The Morgan fingerprint density at radius 1 is 1.24 bits per heavy atom. The molecular formula is C24H25B3ClFN6O3. The van der Waals surface area contributed by atoms with E-state index in [-0.39, 0.29) is 17.6 Å². The Balaban J connectivity index is 1.57. The van der Waals surface area contributed by atoms with Gasteiger partial charge in [-0.15, -0.1) is 0 Å². The summed E-state index contributed by atoms with van der Waals surface area (Å²) in [6, 6.07) is 6.83. The van der Waals surface area contributed by atoms with Crippen LogP contribution in [0.3, 0.4) is 0 Å². The van der Waals surface area contributed by atoms with Gasteiger partial charge in [0.2, 0.25) is 5.95 Å². The maximum atomic E-state index is 14.3. The number of amides is 1. The summed E-state index contributed by atoms with van der Waals surface area (Å²) in [5.41, 5.74) is 0.832. The van der Waals surface area contributed by atoms with Crippen LogP contribution in [0, 0.1) is 11.8 Å². The van der Waals surface area contributed by atoms with E-state index in [0.717, 1.165) is 0 Å². The van der Waals surface area contributed by atoms with Gasteiger partial charge < -0.3 is 24.8 Å². The zero-order valence-corrected chi connectivity index (χ0v) is 22.0. The van der Waals surface area contributed by atoms with Gasteiger partial charge in [0, 0.05) is 43.0 Å². The number of ether oxygens (including phenoxy) is 1. The molecule has 9 nitrogen and oxygen atoms in total. The average Bonchev–Trinajstić information content (AvgIpc) is 2.83. The van der Waals surface area contributed by atoms with Crippen molar-refractivity contribution in [2.75, 3.05) is 29.9 Å². The summed E-state index contributed by atoms with van der Waals surface area (Å²) >= 11 is 6.38. The van der Waals surface area contributed by atoms with E-state index >= 15 is 0 Å². The Hall–Kier alpha value is -3.21. The number of hydrogen-bond donors (Lipinski definition) is 2. The normalized spacial score (nSPS) is 19.8. The zero-order valence-electron chi connectivity index (χ0n) is 21.2. The van der Waals surface area contributed by atoms with Crippen molar-refractivity contribution >= 4 is 69.4 Å². The molecule has 192 valence electrons. The quantitative estimate of drug-likeness (QED) is 0.448. The van der Waals surface area contributed by atoms with Crippen LogP contribution in [0.4, 0.5) is 21.8 Å². The van der Waals surface area contributed by atoms with Crippen LogP contribution in [0.5, 0.6) is 5.75 Å². The number of benzene rings is 1. The molecule has 0 saturated carbocycles. The van der Waals surface area contributed by atoms with Crippen molar-refractivity contribution in [1.82, 2.24) is 19.9 Å². The summed E-state index contributed by atoms with van der Waals surface area (Å²) < 4.78 is 21.1. The fourth-order valence-corrected chi connectivity index (χ4v) is 4.62. The molecule has 3 aromatic rings. The fraction of sp³-hybridized carbons (Fsp3) is 0.417. The number of alkyl halides is 1. The van der Waals surface area contributed by atoms with E-state index in [9.17, 15) is 14.0 Å². The van der Waals surface area contributed by atoms with Gasteiger partial charge in [0.25, 0.3) is 11.5 Å². The summed E-state index contributed by atoms with van der Waals surface area (Å²) in [7, 11) is 17.6. The van der Waals surface area contributed by atoms with Crippen LogP contribution in [0.25, 0.3) is 10.9 Å². The second-order valence-corrected chi connectivity index (χ2v) is 10.1. The van der Waals surface area contributed by atoms with Crippen LogP contribution in [-0.2, 0) is 11.8 Å². The molecule has 0 aliphatic carbocycles. The van der Waals surface area contributed by atoms with Crippen molar-refractivity contribution in [2.24, 2.45) is 18.9 Å². The van der Waals surface area contributed by atoms with Gasteiger partial charge in [-0.05, 0) is 24.3 Å². The molecule has 3 heterocycles. The Morgan fingerprint density at radius 2 is 1.92 bits per heavy atom. The number of aromatic nitrogens is 3. The summed E-state index contributed by atoms with van der Waals surface area (Å²) in [5.74, 6) is -0.198. The minimum absolute atomic E-state index is 0.0502. The number of anilines is 3. The molecule has 1 saturated heterocycles. The van der Waals surface area contributed by atoms with Crippen LogP contribution >= 0.6 is 11.6 Å². The van der Waals surface area contributed by atoms with Crippen LogP contribution in [0.15, 0.2) is 35.3 Å². The van der Waals surface area contributed by atoms with Gasteiger partial charge in [-0.3, -0.25) is 9.59 Å². The number of nitrogens with one attached hydrogen (secondary N) is 2. The number of pyridine rings is 1. The third kappa shape index (κ3) is 6.26. The molecule has 4 rings (SSSR count). The summed E-state index contributed by atoms with van der Waals surface area (Å²) in [6.07, 6.45) is 0.632. The molecule has 1 aliphatic heterocycles. The van der Waals surface area contributed by atoms with Crippen LogP contribution < -0.4 is 25.8 Å². The van der Waals surface area contributed by atoms with Gasteiger partial charge >= 0.3 is 0 Å². The maximum absolute atomic E-state index is 14.3. The lowest BCUT2D eigenvalue weighted by molar-refractivity contribution is -0.123. The van der Waals surface area contributed by atoms with Crippen molar-refractivity contribution in [3.05, 3.63) is 45.8 Å². The Labute approximate surface area is 228 Å². The molecule has 2 N–H and O–H groups in total. The van der Waals surface area contributed by atoms with E-state index in [2.05, 4.69) is 20.6 Å². The van der Waals surface area contributed by atoms with Gasteiger partial charge in [0.05, 0.1) is 35.3 Å². The number of nitrogens with zero attached hydrogens (tertiary/aromatic N) is 4. The summed E-state index contributed by atoms with van der Waals surface area (Å²) in [5, 5.41) is 4.38. The molecule has 1 fully saturated rings. The van der Waals surface area contributed by atoms with Crippen molar-refractivity contribution in [1.29, 1.82) is 0 Å². The number of fused-ring (bicyclic) bond motifs is 1. The molecule has 1 aromatic carbocycles. The monoisotopic (exact) mass is 532 g/mol. The zero-order chi connectivity index (χ0) is 27.8. The highest BCUT2D eigenvalue weighted by Crippen LogP contribution is 2.31. The molecule has 0 spiro atoms. The first-order valence-corrected chi connectivity index (χ1v) is 12.3. The lowest BCUT2D eigenvalue weighted by Crippen LogP contribution is -2.51. The van der Waals surface area contributed by atoms with Crippen molar-refractivity contribution in [2.45, 2.75) is 25.3 Å². The number of aryl methyl sites for hydroxylation is 1. The Bertz CT molecular complexity index is 1410. The SMILES string of the molecule is [B]C([B])([B])NC(=O)COc1cc2cc(Nc3nc(N4C[C@@H](C)C(F)[C@@H](C)C4)ncc3Cl)ccc2n(C)c1=O. The highest BCUT2D eigenvalue weighted by molar-refractivity contribution is 6.59. The van der Waals surface area contributed by atoms with Crippen molar-refractivity contribution in [3.8, 4) is 5.75 Å². The third-order valence-electron chi connectivity index (χ3n) is 6.29. The van der Waals surface area contributed by atoms with Crippen LogP contribution in [-0.4, -0.2) is 75.1 Å². The maximum Gasteiger partial charge on any atom is 0.293 e. The summed E-state index contributed by atoms with van der Waals surface area (Å²) in [4.78, 5) is 35.5. The van der Waals surface area contributed by atoms with Crippen molar-refractivity contribution < 1.29 is 13.9 Å². The topological polar surface area (TPSA) is 101 Å². The molecule has 1 unspecified atom stereocenters. The average molecular weight is 532 g/mol. The lowest BCUT2D eigenvalue weighted by Gasteiger charge is -2.37. The minimum Gasteiger partial charge on any atom is -0.478 e. The molecule has 3 atom stereocenters. The first kappa shape index (κ1) is 27.8. The largest absolute Gasteiger partial charge is 0.478 e. The van der Waals surface area contributed by atoms with E-state index in [1.165, 1.54) is 16.8 Å². The lowest BCUT2D eigenvalue weighted by atomic mass is 9.49. The first-order chi connectivity index (χ1) is 17.8. The third-order valence-corrected chi connectivity index (χ3v) is 6.56. The molecule has 6 radical (unpaired) electrons. The first-order valence-electron chi connectivity index (χ1n) is 11.9. The number of carbonyl (C=O) groups excluding carboxylic acids is 1. The molecule has 2 aromatic heterocycles. The second-order valence-electron chi connectivity index (χ2n) is 9.71. The Morgan fingerprint density at radius 3 is 2.58 bits per heavy atom. The number of halogens is 2. The predicted molar refractivity (Wildman–Crippen MR) is 149 cm³/mol. The second kappa shape index (κ2) is 10.9. The molecule has 0 bridgehead atoms. The van der Waals surface area contributed by atoms with Gasteiger partial charge in [0.1, 0.15) is 11.2 Å². The van der Waals surface area contributed by atoms with Crippen molar-refractivity contribution in [3.63, 3.8) is 0 Å². The fourth-order valence-electron chi connectivity index (χ4n) is 4.49. The molecule has 1 amide bonds. The number of rotatable bonds is 7. The van der Waals surface area contributed by atoms with Gasteiger partial charge in [-0.25, -0.2) is 9.37 Å². The smallest absolute Gasteiger partial charge is 0.293 e. The molecule has 38 heavy (non-hydrogen) atoms. The van der Waals surface area contributed by atoms with E-state index < -0.39 is 29.5 Å². The number of piperidine rings is 1. The van der Waals surface area contributed by atoms with Crippen LogP contribution in [0.1, 0.15) is 13.8 Å². The predicted octanol–water partition coefficient (Wildman–Crippen LogP) is 1.77.